The van der Waals surface area contributed by atoms with E-state index in [-0.39, 0.29) is 18.1 Å². The number of hydrogen-bond acceptors (Lipinski definition) is 4. The fourth-order valence-corrected chi connectivity index (χ4v) is 2.62. The number of nitrogens with zero attached hydrogens (tertiary/aromatic N) is 1. The van der Waals surface area contributed by atoms with Crippen molar-refractivity contribution in [3.63, 3.8) is 0 Å². The quantitative estimate of drug-likeness (QED) is 0.831. The minimum absolute atomic E-state index is 0.0980. The maximum absolute atomic E-state index is 11.9. The first-order valence-corrected chi connectivity index (χ1v) is 9.18. The van der Waals surface area contributed by atoms with Crippen LogP contribution < -0.4 is 9.62 Å². The Bertz CT molecular complexity index is 817. The van der Waals surface area contributed by atoms with Crippen molar-refractivity contribution in [2.24, 2.45) is 0 Å². The molecule has 2 aromatic carbocycles. The Kier molecular flexibility index (Phi) is 5.46. The first kappa shape index (κ1) is 17.8. The zero-order valence-corrected chi connectivity index (χ0v) is 14.4. The molecular formula is C17H20N2O4S. The number of aromatic hydroxyl groups is 1. The molecular weight excluding hydrogens is 328 g/mol. The third-order valence-electron chi connectivity index (χ3n) is 3.63. The molecule has 0 saturated carbocycles. The van der Waals surface area contributed by atoms with Crippen LogP contribution in [0, 0.1) is 0 Å². The number of phenolic OH excluding ortho intramolecular Hbond substituents is 1. The van der Waals surface area contributed by atoms with Crippen molar-refractivity contribution in [2.45, 2.75) is 13.0 Å². The number of benzene rings is 2. The summed E-state index contributed by atoms with van der Waals surface area (Å²) >= 11 is 0. The fraction of sp³-hybridized carbons (Fsp3) is 0.235. The van der Waals surface area contributed by atoms with Crippen molar-refractivity contribution >= 4 is 21.6 Å². The van der Waals surface area contributed by atoms with Gasteiger partial charge in [-0.25, -0.2) is 8.42 Å². The van der Waals surface area contributed by atoms with Crippen LogP contribution in [0.5, 0.6) is 5.75 Å². The van der Waals surface area contributed by atoms with Crippen molar-refractivity contribution in [3.8, 4) is 5.75 Å². The Morgan fingerprint density at radius 1 is 1.12 bits per heavy atom. The first-order valence-electron chi connectivity index (χ1n) is 7.34. The SMILES string of the molecule is CN(c1ccc(CNC(=O)Cc2ccccc2O)cc1)S(C)(=O)=O. The molecule has 0 aromatic heterocycles. The summed E-state index contributed by atoms with van der Waals surface area (Å²) in [5.41, 5.74) is 1.98. The Labute approximate surface area is 141 Å². The lowest BCUT2D eigenvalue weighted by Crippen LogP contribution is -2.25. The van der Waals surface area contributed by atoms with E-state index in [9.17, 15) is 18.3 Å². The van der Waals surface area contributed by atoms with Gasteiger partial charge in [0.15, 0.2) is 0 Å². The average Bonchev–Trinajstić information content (AvgIpc) is 2.54. The number of hydrogen-bond donors (Lipinski definition) is 2. The highest BCUT2D eigenvalue weighted by Crippen LogP contribution is 2.17. The monoisotopic (exact) mass is 348 g/mol. The summed E-state index contributed by atoms with van der Waals surface area (Å²) in [6.07, 6.45) is 1.24. The van der Waals surface area contributed by atoms with Gasteiger partial charge in [0.05, 0.1) is 18.4 Å². The molecule has 0 aliphatic carbocycles. The molecule has 2 N–H and O–H groups in total. The van der Waals surface area contributed by atoms with Gasteiger partial charge in [0.2, 0.25) is 15.9 Å². The Balaban J connectivity index is 1.93. The van der Waals surface area contributed by atoms with Crippen molar-refractivity contribution < 1.29 is 18.3 Å². The summed E-state index contributed by atoms with van der Waals surface area (Å²) in [6.45, 7) is 0.329. The van der Waals surface area contributed by atoms with Crippen LogP contribution in [-0.4, -0.2) is 32.7 Å². The lowest BCUT2D eigenvalue weighted by Gasteiger charge is -2.16. The Morgan fingerprint density at radius 3 is 2.33 bits per heavy atom. The van der Waals surface area contributed by atoms with Gasteiger partial charge in [-0.15, -0.1) is 0 Å². The third kappa shape index (κ3) is 4.73. The zero-order valence-electron chi connectivity index (χ0n) is 13.6. The fourth-order valence-electron chi connectivity index (χ4n) is 2.11. The summed E-state index contributed by atoms with van der Waals surface area (Å²) in [7, 11) is -1.81. The van der Waals surface area contributed by atoms with Crippen LogP contribution in [0.3, 0.4) is 0 Å². The van der Waals surface area contributed by atoms with Gasteiger partial charge >= 0.3 is 0 Å². The van der Waals surface area contributed by atoms with Crippen molar-refractivity contribution in [2.75, 3.05) is 17.6 Å². The molecule has 0 saturated heterocycles. The largest absolute Gasteiger partial charge is 0.508 e. The molecule has 24 heavy (non-hydrogen) atoms. The smallest absolute Gasteiger partial charge is 0.231 e. The van der Waals surface area contributed by atoms with Gasteiger partial charge in [-0.3, -0.25) is 9.10 Å². The number of rotatable bonds is 6. The van der Waals surface area contributed by atoms with Crippen LogP contribution in [0.4, 0.5) is 5.69 Å². The van der Waals surface area contributed by atoms with Gasteiger partial charge in [-0.1, -0.05) is 30.3 Å². The molecule has 0 spiro atoms. The van der Waals surface area contributed by atoms with E-state index >= 15 is 0 Å². The second-order valence-corrected chi connectivity index (χ2v) is 7.49. The van der Waals surface area contributed by atoms with Gasteiger partial charge in [-0.05, 0) is 23.8 Å². The Hall–Kier alpha value is -2.54. The summed E-state index contributed by atoms with van der Waals surface area (Å²) in [4.78, 5) is 11.9. The number of carbonyl (C=O) groups is 1. The normalized spacial score (nSPS) is 11.1. The van der Waals surface area contributed by atoms with Gasteiger partial charge in [-0.2, -0.15) is 0 Å². The number of carbonyl (C=O) groups excluding carboxylic acids is 1. The van der Waals surface area contributed by atoms with Crippen LogP contribution in [0.15, 0.2) is 48.5 Å². The molecule has 0 radical (unpaired) electrons. The molecule has 0 fully saturated rings. The topological polar surface area (TPSA) is 86.7 Å². The predicted molar refractivity (Wildman–Crippen MR) is 93.3 cm³/mol. The lowest BCUT2D eigenvalue weighted by atomic mass is 10.1. The second kappa shape index (κ2) is 7.35. The van der Waals surface area contributed by atoms with E-state index in [0.717, 1.165) is 11.8 Å². The third-order valence-corrected chi connectivity index (χ3v) is 4.84. The molecule has 2 aromatic rings. The number of nitrogens with one attached hydrogen (secondary N) is 1. The van der Waals surface area contributed by atoms with Gasteiger partial charge < -0.3 is 10.4 Å². The first-order chi connectivity index (χ1) is 11.3. The van der Waals surface area contributed by atoms with E-state index < -0.39 is 10.0 Å². The molecule has 6 nitrogen and oxygen atoms in total. The highest BCUT2D eigenvalue weighted by atomic mass is 32.2. The zero-order chi connectivity index (χ0) is 17.7. The predicted octanol–water partition coefficient (Wildman–Crippen LogP) is 1.65. The highest BCUT2D eigenvalue weighted by molar-refractivity contribution is 7.92. The average molecular weight is 348 g/mol. The second-order valence-electron chi connectivity index (χ2n) is 5.48. The molecule has 0 heterocycles. The van der Waals surface area contributed by atoms with E-state index in [4.69, 9.17) is 0 Å². The molecule has 0 aliphatic rings. The molecule has 0 aliphatic heterocycles. The van der Waals surface area contributed by atoms with E-state index in [1.54, 1.807) is 48.5 Å². The molecule has 128 valence electrons. The van der Waals surface area contributed by atoms with E-state index in [1.807, 2.05) is 0 Å². The summed E-state index contributed by atoms with van der Waals surface area (Å²) in [5, 5.41) is 12.4. The summed E-state index contributed by atoms with van der Waals surface area (Å²) < 4.78 is 24.2. The number of anilines is 1. The number of amides is 1. The van der Waals surface area contributed by atoms with Crippen LogP contribution in [0.25, 0.3) is 0 Å². The minimum atomic E-state index is -3.29. The van der Waals surface area contributed by atoms with Crippen LogP contribution in [-0.2, 0) is 27.8 Å². The number of para-hydroxylation sites is 1. The maximum Gasteiger partial charge on any atom is 0.231 e. The molecule has 0 atom stereocenters. The summed E-state index contributed by atoms with van der Waals surface area (Å²) in [5.74, 6) is -0.102. The van der Waals surface area contributed by atoms with E-state index in [1.165, 1.54) is 11.4 Å². The van der Waals surface area contributed by atoms with Gasteiger partial charge in [0.1, 0.15) is 5.75 Å². The van der Waals surface area contributed by atoms with E-state index in [0.29, 0.717) is 17.8 Å². The number of phenols is 1. The van der Waals surface area contributed by atoms with Crippen LogP contribution in [0.2, 0.25) is 0 Å². The van der Waals surface area contributed by atoms with Crippen LogP contribution >= 0.6 is 0 Å². The number of sulfonamides is 1. The van der Waals surface area contributed by atoms with Gasteiger partial charge in [0, 0.05) is 19.2 Å². The molecule has 0 unspecified atom stereocenters. The van der Waals surface area contributed by atoms with Crippen molar-refractivity contribution in [1.29, 1.82) is 0 Å². The molecule has 7 heteroatoms. The maximum atomic E-state index is 11.9. The van der Waals surface area contributed by atoms with Crippen LogP contribution in [0.1, 0.15) is 11.1 Å². The van der Waals surface area contributed by atoms with Gasteiger partial charge in [0.25, 0.3) is 0 Å². The molecule has 2 rings (SSSR count). The molecule has 1 amide bonds. The standard InChI is InChI=1S/C17H20N2O4S/c1-19(24(2,22)23)15-9-7-13(8-10-15)12-18-17(21)11-14-5-3-4-6-16(14)20/h3-10,20H,11-12H2,1-2H3,(H,18,21). The minimum Gasteiger partial charge on any atom is -0.508 e. The van der Waals surface area contributed by atoms with Crippen molar-refractivity contribution in [3.05, 3.63) is 59.7 Å². The van der Waals surface area contributed by atoms with E-state index in [2.05, 4.69) is 5.32 Å². The lowest BCUT2D eigenvalue weighted by molar-refractivity contribution is -0.120. The highest BCUT2D eigenvalue weighted by Gasteiger charge is 2.11. The van der Waals surface area contributed by atoms with Crippen molar-refractivity contribution in [1.82, 2.24) is 5.32 Å². The molecule has 0 bridgehead atoms. The summed E-state index contributed by atoms with van der Waals surface area (Å²) in [6, 6.07) is 13.6. The Morgan fingerprint density at radius 2 is 1.75 bits per heavy atom.